The van der Waals surface area contributed by atoms with Crippen molar-refractivity contribution >= 4 is 50.8 Å². The van der Waals surface area contributed by atoms with Crippen LogP contribution in [-0.2, 0) is 19.6 Å². The highest BCUT2D eigenvalue weighted by Crippen LogP contribution is 2.26. The molecule has 0 spiro atoms. The molecule has 1 N–H and O–H groups in total. The number of hydrogen-bond acceptors (Lipinski definition) is 5. The van der Waals surface area contributed by atoms with E-state index < -0.39 is 34.3 Å². The molecule has 1 amide bonds. The number of amides is 1. The van der Waals surface area contributed by atoms with Gasteiger partial charge in [-0.2, -0.15) is 0 Å². The third-order valence-electron chi connectivity index (χ3n) is 3.46. The Kier molecular flexibility index (Phi) is 7.00. The zero-order valence-corrected chi connectivity index (χ0v) is 17.0. The van der Waals surface area contributed by atoms with E-state index in [9.17, 15) is 22.4 Å². The number of anilines is 1. The number of ether oxygens (including phenoxy) is 1. The fourth-order valence-corrected chi connectivity index (χ4v) is 3.59. The lowest BCUT2D eigenvalue weighted by molar-refractivity contribution is -0.119. The zero-order valence-electron chi connectivity index (χ0n) is 14.7. The summed E-state index contributed by atoms with van der Waals surface area (Å²) >= 11 is 11.5. The largest absolute Gasteiger partial charge is 0.452 e. The molecule has 0 unspecified atom stereocenters. The average molecular weight is 449 g/mol. The van der Waals surface area contributed by atoms with Crippen molar-refractivity contribution in [1.82, 2.24) is 4.31 Å². The summed E-state index contributed by atoms with van der Waals surface area (Å²) < 4.78 is 43.9. The van der Waals surface area contributed by atoms with Gasteiger partial charge in [-0.1, -0.05) is 23.2 Å². The monoisotopic (exact) mass is 448 g/mol. The molecule has 0 bridgehead atoms. The predicted molar refractivity (Wildman–Crippen MR) is 103 cm³/mol. The summed E-state index contributed by atoms with van der Waals surface area (Å²) in [5.74, 6) is -2.68. The lowest BCUT2D eigenvalue weighted by Crippen LogP contribution is -2.24. The Bertz CT molecular complexity index is 1030. The van der Waals surface area contributed by atoms with Crippen LogP contribution in [0.2, 0.25) is 10.0 Å². The number of sulfonamides is 1. The van der Waals surface area contributed by atoms with Gasteiger partial charge in [-0.25, -0.2) is 21.9 Å². The molecule has 0 fully saturated rings. The van der Waals surface area contributed by atoms with Crippen LogP contribution in [0.5, 0.6) is 0 Å². The second-order valence-electron chi connectivity index (χ2n) is 5.68. The molecule has 2 rings (SSSR count). The minimum atomic E-state index is -3.82. The molecule has 0 heterocycles. The van der Waals surface area contributed by atoms with Gasteiger partial charge in [-0.05, 0) is 36.4 Å². The minimum absolute atomic E-state index is 0.0173. The van der Waals surface area contributed by atoms with Crippen molar-refractivity contribution in [2.75, 3.05) is 26.0 Å². The Morgan fingerprint density at radius 3 is 2.43 bits per heavy atom. The third kappa shape index (κ3) is 5.20. The summed E-state index contributed by atoms with van der Waals surface area (Å²) in [6.45, 7) is -0.709. The first-order valence-corrected chi connectivity index (χ1v) is 9.86. The first-order valence-electron chi connectivity index (χ1n) is 7.66. The van der Waals surface area contributed by atoms with Crippen molar-refractivity contribution in [2.45, 2.75) is 4.90 Å². The number of carbonyl (C=O) groups is 2. The predicted octanol–water partition coefficient (Wildman–Crippen LogP) is 3.18. The quantitative estimate of drug-likeness (QED) is 0.684. The number of carbonyl (C=O) groups excluding carboxylic acids is 2. The second-order valence-corrected chi connectivity index (χ2v) is 8.64. The molecule has 0 saturated carbocycles. The van der Waals surface area contributed by atoms with Crippen LogP contribution in [0.3, 0.4) is 0 Å². The van der Waals surface area contributed by atoms with Gasteiger partial charge in [-0.3, -0.25) is 4.79 Å². The molecule has 2 aromatic carbocycles. The molecule has 2 aromatic rings. The Morgan fingerprint density at radius 1 is 1.14 bits per heavy atom. The van der Waals surface area contributed by atoms with Gasteiger partial charge in [-0.15, -0.1) is 0 Å². The van der Waals surface area contributed by atoms with Gasteiger partial charge in [0, 0.05) is 24.8 Å². The molecule has 0 saturated heterocycles. The van der Waals surface area contributed by atoms with Crippen molar-refractivity contribution in [3.8, 4) is 0 Å². The first-order chi connectivity index (χ1) is 13.0. The highest BCUT2D eigenvalue weighted by atomic mass is 35.5. The minimum Gasteiger partial charge on any atom is -0.452 e. The summed E-state index contributed by atoms with van der Waals surface area (Å²) in [6, 6.07) is 7.25. The third-order valence-corrected chi connectivity index (χ3v) is 5.99. The van der Waals surface area contributed by atoms with Crippen molar-refractivity contribution in [3.63, 3.8) is 0 Å². The SMILES string of the molecule is CN(C)S(=O)(=O)c1cc(NC(=O)COC(=O)c2ccc(Cl)cc2F)ccc1Cl. The van der Waals surface area contributed by atoms with Gasteiger partial charge >= 0.3 is 5.97 Å². The van der Waals surface area contributed by atoms with E-state index in [1.54, 1.807) is 0 Å². The van der Waals surface area contributed by atoms with E-state index in [0.717, 1.165) is 16.4 Å². The fourth-order valence-electron chi connectivity index (χ4n) is 2.04. The highest BCUT2D eigenvalue weighted by molar-refractivity contribution is 7.89. The van der Waals surface area contributed by atoms with Crippen molar-refractivity contribution in [3.05, 3.63) is 57.8 Å². The molecule has 0 aliphatic rings. The zero-order chi connectivity index (χ0) is 21.1. The van der Waals surface area contributed by atoms with Crippen LogP contribution in [0.15, 0.2) is 41.3 Å². The van der Waals surface area contributed by atoms with E-state index in [0.29, 0.717) is 0 Å². The number of halogens is 3. The second kappa shape index (κ2) is 8.87. The molecule has 7 nitrogen and oxygen atoms in total. The van der Waals surface area contributed by atoms with Gasteiger partial charge in [0.1, 0.15) is 10.7 Å². The molecule has 150 valence electrons. The van der Waals surface area contributed by atoms with Crippen molar-refractivity contribution in [2.24, 2.45) is 0 Å². The van der Waals surface area contributed by atoms with Gasteiger partial charge < -0.3 is 10.1 Å². The number of nitrogens with zero attached hydrogens (tertiary/aromatic N) is 1. The maximum absolute atomic E-state index is 13.7. The van der Waals surface area contributed by atoms with Gasteiger partial charge in [0.05, 0.1) is 10.6 Å². The summed E-state index contributed by atoms with van der Waals surface area (Å²) in [6.07, 6.45) is 0. The van der Waals surface area contributed by atoms with Crippen LogP contribution in [0.25, 0.3) is 0 Å². The normalized spacial score (nSPS) is 11.4. The lowest BCUT2D eigenvalue weighted by atomic mass is 10.2. The number of esters is 1. The summed E-state index contributed by atoms with van der Waals surface area (Å²) in [5, 5.41) is 2.47. The van der Waals surface area contributed by atoms with E-state index in [1.807, 2.05) is 0 Å². The van der Waals surface area contributed by atoms with E-state index in [4.69, 9.17) is 27.9 Å². The number of rotatable bonds is 6. The lowest BCUT2D eigenvalue weighted by Gasteiger charge is -2.14. The Morgan fingerprint density at radius 2 is 1.82 bits per heavy atom. The smallest absolute Gasteiger partial charge is 0.341 e. The van der Waals surface area contributed by atoms with Crippen LogP contribution in [0.1, 0.15) is 10.4 Å². The summed E-state index contributed by atoms with van der Waals surface area (Å²) in [5.41, 5.74) is -0.244. The average Bonchev–Trinajstić information content (AvgIpc) is 2.61. The Labute approximate surface area is 171 Å². The molecule has 0 atom stereocenters. The van der Waals surface area contributed by atoms with Crippen LogP contribution >= 0.6 is 23.2 Å². The van der Waals surface area contributed by atoms with Crippen molar-refractivity contribution < 1.29 is 27.1 Å². The topological polar surface area (TPSA) is 92.8 Å². The van der Waals surface area contributed by atoms with Crippen LogP contribution in [-0.4, -0.2) is 45.3 Å². The molecular formula is C17H15Cl2FN2O5S. The fraction of sp³-hybridized carbons (Fsp3) is 0.176. The molecule has 0 aliphatic carbocycles. The molecule has 0 aliphatic heterocycles. The van der Waals surface area contributed by atoms with Crippen LogP contribution < -0.4 is 5.32 Å². The van der Waals surface area contributed by atoms with E-state index >= 15 is 0 Å². The number of benzene rings is 2. The maximum Gasteiger partial charge on any atom is 0.341 e. The number of hydrogen-bond donors (Lipinski definition) is 1. The maximum atomic E-state index is 13.7. The summed E-state index contributed by atoms with van der Waals surface area (Å²) in [4.78, 5) is 23.6. The van der Waals surface area contributed by atoms with Crippen molar-refractivity contribution in [1.29, 1.82) is 0 Å². The Hall–Kier alpha value is -2.20. The van der Waals surface area contributed by atoms with Crippen LogP contribution in [0, 0.1) is 5.82 Å². The number of nitrogens with one attached hydrogen (secondary N) is 1. The van der Waals surface area contributed by atoms with E-state index in [1.165, 1.54) is 38.4 Å². The molecule has 0 aromatic heterocycles. The first kappa shape index (κ1) is 22.1. The standard InChI is InChI=1S/C17H15Cl2FN2O5S/c1-22(2)28(25,26)15-8-11(4-6-13(15)19)21-16(23)9-27-17(24)12-5-3-10(18)7-14(12)20/h3-8H,9H2,1-2H3,(H,21,23). The van der Waals surface area contributed by atoms with Gasteiger partial charge in [0.15, 0.2) is 6.61 Å². The highest BCUT2D eigenvalue weighted by Gasteiger charge is 2.22. The van der Waals surface area contributed by atoms with Gasteiger partial charge in [0.25, 0.3) is 5.91 Å². The van der Waals surface area contributed by atoms with Crippen LogP contribution in [0.4, 0.5) is 10.1 Å². The Balaban J connectivity index is 2.06. The molecule has 28 heavy (non-hydrogen) atoms. The molecular weight excluding hydrogens is 434 g/mol. The van der Waals surface area contributed by atoms with E-state index in [2.05, 4.69) is 5.32 Å². The van der Waals surface area contributed by atoms with E-state index in [-0.39, 0.29) is 26.2 Å². The molecule has 11 heteroatoms. The van der Waals surface area contributed by atoms with Gasteiger partial charge in [0.2, 0.25) is 10.0 Å². The summed E-state index contributed by atoms with van der Waals surface area (Å²) in [7, 11) is -1.14. The molecule has 0 radical (unpaired) electrons.